The summed E-state index contributed by atoms with van der Waals surface area (Å²) in [4.78, 5) is 8.20. The summed E-state index contributed by atoms with van der Waals surface area (Å²) in [6, 6.07) is 11.4. The van der Waals surface area contributed by atoms with Crippen molar-refractivity contribution in [2.45, 2.75) is 38.7 Å². The van der Waals surface area contributed by atoms with E-state index in [0.29, 0.717) is 11.6 Å². The number of aryl methyl sites for hydroxylation is 1. The van der Waals surface area contributed by atoms with E-state index in [-0.39, 0.29) is 0 Å². The van der Waals surface area contributed by atoms with Gasteiger partial charge in [0.05, 0.1) is 18.1 Å². The van der Waals surface area contributed by atoms with Crippen molar-refractivity contribution in [3.63, 3.8) is 0 Å². The van der Waals surface area contributed by atoms with Gasteiger partial charge >= 0.3 is 0 Å². The molecule has 2 aromatic carbocycles. The van der Waals surface area contributed by atoms with Gasteiger partial charge in [-0.2, -0.15) is 0 Å². The summed E-state index contributed by atoms with van der Waals surface area (Å²) >= 11 is 5.93. The third-order valence-corrected chi connectivity index (χ3v) is 5.86. The number of hydrogen-bond donors (Lipinski definition) is 2. The van der Waals surface area contributed by atoms with Crippen molar-refractivity contribution in [1.29, 1.82) is 0 Å². The lowest BCUT2D eigenvalue weighted by atomic mass is 9.92. The number of nitrogens with one attached hydrogen (secondary N) is 2. The van der Waals surface area contributed by atoms with Gasteiger partial charge in [0, 0.05) is 10.6 Å². The molecule has 6 heteroatoms. The van der Waals surface area contributed by atoms with Crippen LogP contribution in [-0.2, 0) is 13.0 Å². The molecule has 0 saturated carbocycles. The normalized spacial score (nSPS) is 16.8. The van der Waals surface area contributed by atoms with Crippen LogP contribution >= 0.6 is 11.6 Å². The Hall–Kier alpha value is -2.24. The third-order valence-electron chi connectivity index (χ3n) is 5.61. The van der Waals surface area contributed by atoms with E-state index in [1.54, 1.807) is 7.11 Å². The Morgan fingerprint density at radius 3 is 2.79 bits per heavy atom. The van der Waals surface area contributed by atoms with Crippen molar-refractivity contribution in [1.82, 2.24) is 15.3 Å². The van der Waals surface area contributed by atoms with E-state index in [1.807, 2.05) is 36.4 Å². The van der Waals surface area contributed by atoms with Crippen LogP contribution in [-0.4, -0.2) is 30.2 Å². The second kappa shape index (κ2) is 9.51. The Morgan fingerprint density at radius 1 is 1.17 bits per heavy atom. The SMILES string of the molecule is COc1ccc2[nH]c(COc3ccc(Cl)cc3)nc2c1CCCC1CCCNC1. The maximum atomic E-state index is 5.93. The predicted molar refractivity (Wildman–Crippen MR) is 117 cm³/mol. The highest BCUT2D eigenvalue weighted by Crippen LogP contribution is 2.29. The number of methoxy groups -OCH3 is 1. The van der Waals surface area contributed by atoms with E-state index in [2.05, 4.69) is 10.3 Å². The Kier molecular flexibility index (Phi) is 6.57. The molecule has 1 aliphatic rings. The number of ether oxygens (including phenoxy) is 2. The van der Waals surface area contributed by atoms with Crippen LogP contribution in [0.2, 0.25) is 5.02 Å². The smallest absolute Gasteiger partial charge is 0.146 e. The van der Waals surface area contributed by atoms with Crippen molar-refractivity contribution >= 4 is 22.6 Å². The number of fused-ring (bicyclic) bond motifs is 1. The van der Waals surface area contributed by atoms with E-state index in [0.717, 1.165) is 60.2 Å². The molecule has 1 unspecified atom stereocenters. The number of H-pyrrole nitrogens is 1. The first-order valence-electron chi connectivity index (χ1n) is 10.4. The fraction of sp³-hybridized carbons (Fsp3) is 0.435. The summed E-state index contributed by atoms with van der Waals surface area (Å²) in [5, 5.41) is 4.20. The maximum Gasteiger partial charge on any atom is 0.146 e. The lowest BCUT2D eigenvalue weighted by Crippen LogP contribution is -2.29. The zero-order valence-corrected chi connectivity index (χ0v) is 17.6. The summed E-state index contributed by atoms with van der Waals surface area (Å²) in [5.41, 5.74) is 3.19. The minimum atomic E-state index is 0.381. The quantitative estimate of drug-likeness (QED) is 0.537. The first-order valence-corrected chi connectivity index (χ1v) is 10.7. The molecule has 0 amide bonds. The van der Waals surface area contributed by atoms with Gasteiger partial charge < -0.3 is 19.8 Å². The number of halogens is 1. The number of benzene rings is 2. The second-order valence-electron chi connectivity index (χ2n) is 7.67. The van der Waals surface area contributed by atoms with Crippen molar-refractivity contribution in [3.05, 3.63) is 52.8 Å². The van der Waals surface area contributed by atoms with Gasteiger partial charge in [0.2, 0.25) is 0 Å². The van der Waals surface area contributed by atoms with Gasteiger partial charge in [-0.25, -0.2) is 4.98 Å². The van der Waals surface area contributed by atoms with Gasteiger partial charge in [0.1, 0.15) is 23.9 Å². The highest BCUT2D eigenvalue weighted by Gasteiger charge is 2.16. The van der Waals surface area contributed by atoms with Crippen LogP contribution in [0.4, 0.5) is 0 Å². The van der Waals surface area contributed by atoms with Crippen molar-refractivity contribution in [2.24, 2.45) is 5.92 Å². The Bertz CT molecular complexity index is 933. The van der Waals surface area contributed by atoms with Crippen LogP contribution in [0.1, 0.15) is 37.1 Å². The van der Waals surface area contributed by atoms with E-state index in [4.69, 9.17) is 26.1 Å². The zero-order valence-electron chi connectivity index (χ0n) is 16.8. The zero-order chi connectivity index (χ0) is 20.1. The molecule has 0 aliphatic carbocycles. The van der Waals surface area contributed by atoms with Crippen LogP contribution in [0, 0.1) is 5.92 Å². The van der Waals surface area contributed by atoms with Crippen LogP contribution in [0.25, 0.3) is 11.0 Å². The molecule has 0 spiro atoms. The minimum Gasteiger partial charge on any atom is -0.496 e. The van der Waals surface area contributed by atoms with Crippen LogP contribution in [0.5, 0.6) is 11.5 Å². The molecule has 2 N–H and O–H groups in total. The Morgan fingerprint density at radius 2 is 2.03 bits per heavy atom. The highest BCUT2D eigenvalue weighted by molar-refractivity contribution is 6.30. The lowest BCUT2D eigenvalue weighted by molar-refractivity contribution is 0.297. The molecule has 2 heterocycles. The average Bonchev–Trinajstić information content (AvgIpc) is 3.17. The summed E-state index contributed by atoms with van der Waals surface area (Å²) in [7, 11) is 1.73. The molecule has 154 valence electrons. The second-order valence-corrected chi connectivity index (χ2v) is 8.11. The summed E-state index contributed by atoms with van der Waals surface area (Å²) in [5.74, 6) is 3.28. The standard InChI is InChI=1S/C23H28ClN3O2/c1-28-21-12-11-20-23(19(21)6-2-4-16-5-3-13-25-14-16)27-22(26-20)15-29-18-9-7-17(24)8-10-18/h7-12,16,25H,2-6,13-15H2,1H3,(H,26,27). The monoisotopic (exact) mass is 413 g/mol. The van der Waals surface area contributed by atoms with E-state index >= 15 is 0 Å². The molecule has 1 fully saturated rings. The van der Waals surface area contributed by atoms with Gasteiger partial charge in [-0.05, 0) is 87.5 Å². The van der Waals surface area contributed by atoms with Gasteiger partial charge in [0.25, 0.3) is 0 Å². The molecule has 3 aromatic rings. The molecular weight excluding hydrogens is 386 g/mol. The molecule has 0 radical (unpaired) electrons. The first-order chi connectivity index (χ1) is 14.2. The highest BCUT2D eigenvalue weighted by atomic mass is 35.5. The fourth-order valence-electron chi connectivity index (χ4n) is 4.09. The van der Waals surface area contributed by atoms with E-state index in [9.17, 15) is 0 Å². The molecule has 0 bridgehead atoms. The number of piperidine rings is 1. The molecule has 1 aliphatic heterocycles. The average molecular weight is 414 g/mol. The van der Waals surface area contributed by atoms with Crippen LogP contribution in [0.3, 0.4) is 0 Å². The molecule has 1 atom stereocenters. The van der Waals surface area contributed by atoms with Crippen molar-refractivity contribution in [3.8, 4) is 11.5 Å². The number of nitrogens with zero attached hydrogens (tertiary/aromatic N) is 1. The predicted octanol–water partition coefficient (Wildman–Crippen LogP) is 5.13. The first kappa shape index (κ1) is 20.0. The molecule has 1 saturated heterocycles. The van der Waals surface area contributed by atoms with Gasteiger partial charge in [-0.15, -0.1) is 0 Å². The Balaban J connectivity index is 1.46. The topological polar surface area (TPSA) is 59.2 Å². The van der Waals surface area contributed by atoms with E-state index < -0.39 is 0 Å². The lowest BCUT2D eigenvalue weighted by Gasteiger charge is -2.22. The fourth-order valence-corrected chi connectivity index (χ4v) is 4.21. The van der Waals surface area contributed by atoms with Crippen molar-refractivity contribution < 1.29 is 9.47 Å². The van der Waals surface area contributed by atoms with Gasteiger partial charge in [-0.3, -0.25) is 0 Å². The summed E-state index contributed by atoms with van der Waals surface area (Å²) in [6.45, 7) is 2.69. The molecular formula is C23H28ClN3O2. The van der Waals surface area contributed by atoms with Crippen LogP contribution < -0.4 is 14.8 Å². The third kappa shape index (κ3) is 5.03. The minimum absolute atomic E-state index is 0.381. The van der Waals surface area contributed by atoms with Gasteiger partial charge in [0.15, 0.2) is 0 Å². The molecule has 1 aromatic heterocycles. The molecule has 5 nitrogen and oxygen atoms in total. The van der Waals surface area contributed by atoms with Gasteiger partial charge in [-0.1, -0.05) is 11.6 Å². The Labute approximate surface area is 176 Å². The molecule has 4 rings (SSSR count). The number of rotatable bonds is 8. The summed E-state index contributed by atoms with van der Waals surface area (Å²) in [6.07, 6.45) is 5.98. The number of aromatic nitrogens is 2. The largest absolute Gasteiger partial charge is 0.496 e. The molecule has 29 heavy (non-hydrogen) atoms. The van der Waals surface area contributed by atoms with Crippen molar-refractivity contribution in [2.75, 3.05) is 20.2 Å². The van der Waals surface area contributed by atoms with E-state index in [1.165, 1.54) is 24.8 Å². The summed E-state index contributed by atoms with van der Waals surface area (Å²) < 4.78 is 11.5. The number of aromatic amines is 1. The number of imidazole rings is 1. The maximum absolute atomic E-state index is 5.93. The van der Waals surface area contributed by atoms with Crippen LogP contribution in [0.15, 0.2) is 36.4 Å². The number of hydrogen-bond acceptors (Lipinski definition) is 4.